The molecule has 2 aliphatic carbocycles. The van der Waals surface area contributed by atoms with Crippen LogP contribution in [0.4, 0.5) is 4.39 Å². The van der Waals surface area contributed by atoms with Gasteiger partial charge in [-0.25, -0.2) is 4.39 Å². The van der Waals surface area contributed by atoms with Crippen LogP contribution in [0.1, 0.15) is 50.1 Å². The summed E-state index contributed by atoms with van der Waals surface area (Å²) in [5.74, 6) is 0.404. The number of hydrogen-bond donors (Lipinski definition) is 2. The van der Waals surface area contributed by atoms with Gasteiger partial charge in [-0.1, -0.05) is 18.6 Å². The molecule has 2 aliphatic rings. The number of halogens is 1. The van der Waals surface area contributed by atoms with E-state index in [4.69, 9.17) is 5.73 Å². The zero-order valence-corrected chi connectivity index (χ0v) is 12.2. The molecule has 114 valence electrons. The zero-order valence-electron chi connectivity index (χ0n) is 12.2. The van der Waals surface area contributed by atoms with Crippen molar-refractivity contribution < 1.29 is 9.18 Å². The number of rotatable bonds is 4. The molecule has 0 saturated heterocycles. The lowest BCUT2D eigenvalue weighted by Gasteiger charge is -2.35. The topological polar surface area (TPSA) is 55.1 Å². The van der Waals surface area contributed by atoms with Gasteiger partial charge in [0.1, 0.15) is 5.82 Å². The van der Waals surface area contributed by atoms with Crippen LogP contribution < -0.4 is 11.1 Å². The summed E-state index contributed by atoms with van der Waals surface area (Å²) in [5, 5.41) is 3.20. The van der Waals surface area contributed by atoms with Gasteiger partial charge in [0.15, 0.2) is 0 Å². The lowest BCUT2D eigenvalue weighted by molar-refractivity contribution is -0.126. The van der Waals surface area contributed by atoms with Crippen molar-refractivity contribution in [2.24, 2.45) is 17.6 Å². The largest absolute Gasteiger partial charge is 0.349 e. The number of carbonyl (C=O) groups excluding carboxylic acids is 1. The Bertz CT molecular complexity index is 498. The average molecular weight is 290 g/mol. The molecule has 3 atom stereocenters. The summed E-state index contributed by atoms with van der Waals surface area (Å²) in [5.41, 5.74) is 6.91. The molecule has 1 aromatic rings. The summed E-state index contributed by atoms with van der Waals surface area (Å²) < 4.78 is 13.1. The highest BCUT2D eigenvalue weighted by molar-refractivity contribution is 5.79. The van der Waals surface area contributed by atoms with Gasteiger partial charge < -0.3 is 11.1 Å². The standard InChI is InChI=1S/C17H23FN2O/c18-14-7-4-12(5-8-14)16(11-2-1-3-11)20-17(21)13-6-9-15(19)10-13/h4-5,7-8,11,13,15-16H,1-3,6,9-10,19H2,(H,20,21). The molecule has 3 nitrogen and oxygen atoms in total. The van der Waals surface area contributed by atoms with Crippen LogP contribution in [0.3, 0.4) is 0 Å². The molecule has 3 N–H and O–H groups in total. The maximum absolute atomic E-state index is 13.1. The average Bonchev–Trinajstić information content (AvgIpc) is 2.83. The fraction of sp³-hybridized carbons (Fsp3) is 0.588. The predicted molar refractivity (Wildman–Crippen MR) is 79.9 cm³/mol. The fourth-order valence-electron chi connectivity index (χ4n) is 3.44. The molecule has 0 aromatic heterocycles. The van der Waals surface area contributed by atoms with Gasteiger partial charge in [-0.2, -0.15) is 0 Å². The Balaban J connectivity index is 1.70. The minimum atomic E-state index is -0.237. The molecule has 0 radical (unpaired) electrons. The molecular formula is C17H23FN2O. The number of benzene rings is 1. The molecule has 0 bridgehead atoms. The van der Waals surface area contributed by atoms with Gasteiger partial charge >= 0.3 is 0 Å². The van der Waals surface area contributed by atoms with E-state index in [9.17, 15) is 9.18 Å². The Morgan fingerprint density at radius 2 is 1.90 bits per heavy atom. The first kappa shape index (κ1) is 14.5. The molecule has 0 aliphatic heterocycles. The van der Waals surface area contributed by atoms with Crippen molar-refractivity contribution in [1.29, 1.82) is 0 Å². The molecule has 21 heavy (non-hydrogen) atoms. The first-order valence-electron chi connectivity index (χ1n) is 7.95. The molecular weight excluding hydrogens is 267 g/mol. The highest BCUT2D eigenvalue weighted by Crippen LogP contribution is 2.38. The lowest BCUT2D eigenvalue weighted by atomic mass is 9.77. The molecule has 3 unspecified atom stereocenters. The smallest absolute Gasteiger partial charge is 0.223 e. The molecule has 2 saturated carbocycles. The van der Waals surface area contributed by atoms with Crippen LogP contribution in [0.15, 0.2) is 24.3 Å². The zero-order chi connectivity index (χ0) is 14.8. The molecule has 0 heterocycles. The van der Waals surface area contributed by atoms with E-state index >= 15 is 0 Å². The van der Waals surface area contributed by atoms with E-state index in [1.54, 1.807) is 12.1 Å². The minimum absolute atomic E-state index is 0.0173. The van der Waals surface area contributed by atoms with Crippen LogP contribution in [-0.2, 0) is 4.79 Å². The third-order valence-electron chi connectivity index (χ3n) is 4.99. The van der Waals surface area contributed by atoms with E-state index in [0.717, 1.165) is 37.7 Å². The Morgan fingerprint density at radius 1 is 1.19 bits per heavy atom. The molecule has 0 spiro atoms. The van der Waals surface area contributed by atoms with Crippen molar-refractivity contribution >= 4 is 5.91 Å². The van der Waals surface area contributed by atoms with Crippen LogP contribution in [0.2, 0.25) is 0 Å². The highest BCUT2D eigenvalue weighted by atomic mass is 19.1. The SMILES string of the molecule is NC1CCC(C(=O)NC(c2ccc(F)cc2)C2CCC2)C1. The van der Waals surface area contributed by atoms with Gasteiger partial charge in [0, 0.05) is 12.0 Å². The number of nitrogens with one attached hydrogen (secondary N) is 1. The number of carbonyl (C=O) groups is 1. The second-order valence-electron chi connectivity index (χ2n) is 6.50. The van der Waals surface area contributed by atoms with Crippen molar-refractivity contribution in [2.45, 2.75) is 50.6 Å². The van der Waals surface area contributed by atoms with Gasteiger partial charge in [0.05, 0.1) is 6.04 Å². The highest BCUT2D eigenvalue weighted by Gasteiger charge is 2.33. The predicted octanol–water partition coefficient (Wildman–Crippen LogP) is 2.91. The molecule has 3 rings (SSSR count). The van der Waals surface area contributed by atoms with E-state index in [2.05, 4.69) is 5.32 Å². The Hall–Kier alpha value is -1.42. The molecule has 4 heteroatoms. The quantitative estimate of drug-likeness (QED) is 0.896. The summed E-state index contributed by atoms with van der Waals surface area (Å²) in [6, 6.07) is 6.70. The molecule has 1 amide bonds. The van der Waals surface area contributed by atoms with Gasteiger partial charge in [0.25, 0.3) is 0 Å². The van der Waals surface area contributed by atoms with E-state index in [0.29, 0.717) is 5.92 Å². The van der Waals surface area contributed by atoms with Crippen molar-refractivity contribution in [2.75, 3.05) is 0 Å². The molecule has 2 fully saturated rings. The second kappa shape index (κ2) is 6.14. The molecule has 1 aromatic carbocycles. The van der Waals surface area contributed by atoms with E-state index in [-0.39, 0.29) is 29.7 Å². The summed E-state index contributed by atoms with van der Waals surface area (Å²) in [4.78, 5) is 12.4. The second-order valence-corrected chi connectivity index (χ2v) is 6.50. The summed E-state index contributed by atoms with van der Waals surface area (Å²) in [7, 11) is 0. The van der Waals surface area contributed by atoms with Crippen molar-refractivity contribution in [3.63, 3.8) is 0 Å². The van der Waals surface area contributed by atoms with Crippen molar-refractivity contribution in [1.82, 2.24) is 5.32 Å². The van der Waals surface area contributed by atoms with Crippen LogP contribution >= 0.6 is 0 Å². The monoisotopic (exact) mass is 290 g/mol. The number of hydrogen-bond acceptors (Lipinski definition) is 2. The Kier molecular flexibility index (Phi) is 4.24. The van der Waals surface area contributed by atoms with Crippen LogP contribution in [-0.4, -0.2) is 11.9 Å². The summed E-state index contributed by atoms with van der Waals surface area (Å²) >= 11 is 0. The normalized spacial score (nSPS) is 27.1. The summed E-state index contributed by atoms with van der Waals surface area (Å²) in [6.45, 7) is 0. The van der Waals surface area contributed by atoms with Crippen molar-refractivity contribution in [3.05, 3.63) is 35.6 Å². The van der Waals surface area contributed by atoms with Crippen LogP contribution in [0, 0.1) is 17.7 Å². The maximum atomic E-state index is 13.1. The van der Waals surface area contributed by atoms with Gasteiger partial charge in [-0.15, -0.1) is 0 Å². The van der Waals surface area contributed by atoms with Crippen LogP contribution in [0.25, 0.3) is 0 Å². The third-order valence-corrected chi connectivity index (χ3v) is 4.99. The Morgan fingerprint density at radius 3 is 2.43 bits per heavy atom. The van der Waals surface area contributed by atoms with Gasteiger partial charge in [-0.05, 0) is 55.7 Å². The fourth-order valence-corrected chi connectivity index (χ4v) is 3.44. The first-order valence-corrected chi connectivity index (χ1v) is 7.95. The summed E-state index contributed by atoms with van der Waals surface area (Å²) in [6.07, 6.45) is 6.08. The number of nitrogens with two attached hydrogens (primary N) is 1. The van der Waals surface area contributed by atoms with Gasteiger partial charge in [0.2, 0.25) is 5.91 Å². The van der Waals surface area contributed by atoms with Crippen molar-refractivity contribution in [3.8, 4) is 0 Å². The van der Waals surface area contributed by atoms with E-state index < -0.39 is 0 Å². The van der Waals surface area contributed by atoms with E-state index in [1.807, 2.05) is 0 Å². The lowest BCUT2D eigenvalue weighted by Crippen LogP contribution is -2.39. The van der Waals surface area contributed by atoms with E-state index in [1.165, 1.54) is 18.6 Å². The first-order chi connectivity index (χ1) is 10.1. The Labute approximate surface area is 125 Å². The maximum Gasteiger partial charge on any atom is 0.223 e. The van der Waals surface area contributed by atoms with Crippen LogP contribution in [0.5, 0.6) is 0 Å². The minimum Gasteiger partial charge on any atom is -0.349 e. The van der Waals surface area contributed by atoms with Gasteiger partial charge in [-0.3, -0.25) is 4.79 Å². The third kappa shape index (κ3) is 3.26. The number of amides is 1.